The number of amides is 2. The second kappa shape index (κ2) is 8.04. The summed E-state index contributed by atoms with van der Waals surface area (Å²) in [7, 11) is 1.57. The van der Waals surface area contributed by atoms with Gasteiger partial charge >= 0.3 is 0 Å². The van der Waals surface area contributed by atoms with E-state index in [0.717, 1.165) is 0 Å². The lowest BCUT2D eigenvalue weighted by Crippen LogP contribution is -2.28. The largest absolute Gasteiger partial charge is 0.383 e. The van der Waals surface area contributed by atoms with Crippen molar-refractivity contribution in [1.82, 2.24) is 10.3 Å². The number of methoxy groups -OCH3 is 1. The first kappa shape index (κ1) is 14.9. The number of nitrogens with one attached hydrogen (secondary N) is 2. The molecule has 0 radical (unpaired) electrons. The first-order valence-corrected chi connectivity index (χ1v) is 5.89. The normalized spacial score (nSPS) is 9.95. The van der Waals surface area contributed by atoms with Gasteiger partial charge in [0.05, 0.1) is 12.2 Å². The summed E-state index contributed by atoms with van der Waals surface area (Å²) in [4.78, 5) is 26.6. The smallest absolute Gasteiger partial charge is 0.252 e. The predicted molar refractivity (Wildman–Crippen MR) is 70.7 cm³/mol. The maximum absolute atomic E-state index is 11.4. The van der Waals surface area contributed by atoms with E-state index >= 15 is 0 Å². The summed E-state index contributed by atoms with van der Waals surface area (Å²) < 4.78 is 4.82. The molecule has 1 aromatic rings. The molecular formula is C12H18N4O3. The number of pyridine rings is 1. The van der Waals surface area contributed by atoms with Crippen LogP contribution in [-0.4, -0.2) is 43.6 Å². The van der Waals surface area contributed by atoms with Crippen LogP contribution in [0.4, 0.5) is 5.82 Å². The number of anilines is 1. The molecule has 0 aliphatic heterocycles. The van der Waals surface area contributed by atoms with Crippen LogP contribution in [0.15, 0.2) is 18.3 Å². The second-order valence-corrected chi connectivity index (χ2v) is 3.78. The van der Waals surface area contributed by atoms with Gasteiger partial charge in [-0.1, -0.05) is 0 Å². The van der Waals surface area contributed by atoms with Gasteiger partial charge in [0.1, 0.15) is 5.82 Å². The van der Waals surface area contributed by atoms with Gasteiger partial charge in [-0.25, -0.2) is 4.98 Å². The molecule has 0 fully saturated rings. The summed E-state index contributed by atoms with van der Waals surface area (Å²) >= 11 is 0. The van der Waals surface area contributed by atoms with E-state index in [2.05, 4.69) is 15.6 Å². The SMILES string of the molecule is COCCNC(=O)CCNc1ncccc1C(N)=O. The monoisotopic (exact) mass is 266 g/mol. The lowest BCUT2D eigenvalue weighted by atomic mass is 10.2. The molecule has 0 atom stereocenters. The Bertz CT molecular complexity index is 437. The van der Waals surface area contributed by atoms with Crippen LogP contribution in [0.2, 0.25) is 0 Å². The van der Waals surface area contributed by atoms with Gasteiger partial charge in [0, 0.05) is 32.8 Å². The van der Waals surface area contributed by atoms with Crippen molar-refractivity contribution < 1.29 is 14.3 Å². The first-order valence-electron chi connectivity index (χ1n) is 5.89. The highest BCUT2D eigenvalue weighted by Crippen LogP contribution is 2.09. The number of rotatable bonds is 8. The summed E-state index contributed by atoms with van der Waals surface area (Å²) in [5.41, 5.74) is 5.52. The maximum Gasteiger partial charge on any atom is 0.252 e. The highest BCUT2D eigenvalue weighted by atomic mass is 16.5. The number of hydrogen-bond donors (Lipinski definition) is 3. The molecule has 19 heavy (non-hydrogen) atoms. The average Bonchev–Trinajstić information content (AvgIpc) is 2.39. The Morgan fingerprint density at radius 1 is 1.42 bits per heavy atom. The number of nitrogens with zero attached hydrogens (tertiary/aromatic N) is 1. The van der Waals surface area contributed by atoms with Gasteiger partial charge < -0.3 is 21.1 Å². The summed E-state index contributed by atoms with van der Waals surface area (Å²) in [6.45, 7) is 1.33. The van der Waals surface area contributed by atoms with Crippen LogP contribution in [0, 0.1) is 0 Å². The topological polar surface area (TPSA) is 106 Å². The van der Waals surface area contributed by atoms with E-state index in [-0.39, 0.29) is 12.3 Å². The summed E-state index contributed by atoms with van der Waals surface area (Å²) in [6.07, 6.45) is 1.83. The predicted octanol–water partition coefficient (Wildman–Crippen LogP) is -0.255. The Morgan fingerprint density at radius 2 is 2.21 bits per heavy atom. The van der Waals surface area contributed by atoms with Crippen molar-refractivity contribution in [2.75, 3.05) is 32.1 Å². The van der Waals surface area contributed by atoms with Gasteiger partial charge in [-0.3, -0.25) is 9.59 Å². The van der Waals surface area contributed by atoms with Crippen molar-refractivity contribution in [2.45, 2.75) is 6.42 Å². The number of primary amides is 1. The molecule has 0 bridgehead atoms. The molecule has 7 heteroatoms. The third-order valence-electron chi connectivity index (χ3n) is 2.35. The quantitative estimate of drug-likeness (QED) is 0.562. The minimum absolute atomic E-state index is 0.0962. The maximum atomic E-state index is 11.4. The van der Waals surface area contributed by atoms with Crippen molar-refractivity contribution >= 4 is 17.6 Å². The number of carbonyl (C=O) groups excluding carboxylic acids is 2. The molecule has 104 valence electrons. The molecule has 2 amide bonds. The second-order valence-electron chi connectivity index (χ2n) is 3.78. The van der Waals surface area contributed by atoms with Gasteiger partial charge in [0.15, 0.2) is 0 Å². The van der Waals surface area contributed by atoms with E-state index in [0.29, 0.717) is 31.1 Å². The van der Waals surface area contributed by atoms with Gasteiger partial charge in [0.2, 0.25) is 5.91 Å². The van der Waals surface area contributed by atoms with Crippen molar-refractivity contribution in [3.05, 3.63) is 23.9 Å². The molecule has 1 rings (SSSR count). The van der Waals surface area contributed by atoms with E-state index in [9.17, 15) is 9.59 Å². The van der Waals surface area contributed by atoms with E-state index < -0.39 is 5.91 Å². The van der Waals surface area contributed by atoms with Crippen LogP contribution in [0.5, 0.6) is 0 Å². The summed E-state index contributed by atoms with van der Waals surface area (Å²) in [6, 6.07) is 3.21. The van der Waals surface area contributed by atoms with Crippen LogP contribution in [0.25, 0.3) is 0 Å². The standard InChI is InChI=1S/C12H18N4O3/c1-19-8-7-14-10(17)4-6-16-12-9(11(13)18)3-2-5-15-12/h2-3,5H,4,6-8H2,1H3,(H2,13,18)(H,14,17)(H,15,16). The molecule has 1 heterocycles. The minimum Gasteiger partial charge on any atom is -0.383 e. The summed E-state index contributed by atoms with van der Waals surface area (Å²) in [5, 5.41) is 5.60. The number of carbonyl (C=O) groups is 2. The van der Waals surface area contributed by atoms with Gasteiger partial charge in [0.25, 0.3) is 5.91 Å². The highest BCUT2D eigenvalue weighted by Gasteiger charge is 2.08. The van der Waals surface area contributed by atoms with Crippen LogP contribution in [-0.2, 0) is 9.53 Å². The Kier molecular flexibility index (Phi) is 6.31. The van der Waals surface area contributed by atoms with Crippen molar-refractivity contribution in [3.63, 3.8) is 0 Å². The Hall–Kier alpha value is -2.15. The highest BCUT2D eigenvalue weighted by molar-refractivity contribution is 5.97. The van der Waals surface area contributed by atoms with Gasteiger partial charge in [-0.2, -0.15) is 0 Å². The number of nitrogens with two attached hydrogens (primary N) is 1. The third kappa shape index (κ3) is 5.35. The molecule has 0 aliphatic rings. The molecule has 0 spiro atoms. The molecule has 0 saturated carbocycles. The van der Waals surface area contributed by atoms with Gasteiger partial charge in [-0.05, 0) is 12.1 Å². The third-order valence-corrected chi connectivity index (χ3v) is 2.35. The number of aromatic nitrogens is 1. The summed E-state index contributed by atoms with van der Waals surface area (Å²) in [5.74, 6) is -0.263. The molecule has 4 N–H and O–H groups in total. The van der Waals surface area contributed by atoms with E-state index in [4.69, 9.17) is 10.5 Å². The minimum atomic E-state index is -0.555. The van der Waals surface area contributed by atoms with E-state index in [1.54, 1.807) is 25.4 Å². The Morgan fingerprint density at radius 3 is 2.89 bits per heavy atom. The fourth-order valence-electron chi connectivity index (χ4n) is 1.42. The molecule has 0 saturated heterocycles. The molecule has 7 nitrogen and oxygen atoms in total. The Balaban J connectivity index is 2.37. The molecular weight excluding hydrogens is 248 g/mol. The molecule has 0 aromatic carbocycles. The number of ether oxygens (including phenoxy) is 1. The zero-order chi connectivity index (χ0) is 14.1. The van der Waals surface area contributed by atoms with Crippen LogP contribution in [0.3, 0.4) is 0 Å². The van der Waals surface area contributed by atoms with Crippen molar-refractivity contribution in [2.24, 2.45) is 5.73 Å². The van der Waals surface area contributed by atoms with Crippen LogP contribution in [0.1, 0.15) is 16.8 Å². The van der Waals surface area contributed by atoms with Crippen molar-refractivity contribution in [3.8, 4) is 0 Å². The van der Waals surface area contributed by atoms with Gasteiger partial charge in [-0.15, -0.1) is 0 Å². The zero-order valence-electron chi connectivity index (χ0n) is 10.8. The zero-order valence-corrected chi connectivity index (χ0v) is 10.8. The van der Waals surface area contributed by atoms with Crippen LogP contribution < -0.4 is 16.4 Å². The lowest BCUT2D eigenvalue weighted by Gasteiger charge is -2.08. The molecule has 1 aromatic heterocycles. The van der Waals surface area contributed by atoms with E-state index in [1.165, 1.54) is 0 Å². The van der Waals surface area contributed by atoms with Crippen LogP contribution >= 0.6 is 0 Å². The van der Waals surface area contributed by atoms with E-state index in [1.807, 2.05) is 0 Å². The first-order chi connectivity index (χ1) is 9.15. The fraction of sp³-hybridized carbons (Fsp3) is 0.417. The van der Waals surface area contributed by atoms with Crippen molar-refractivity contribution in [1.29, 1.82) is 0 Å². The molecule has 0 unspecified atom stereocenters. The average molecular weight is 266 g/mol. The molecule has 0 aliphatic carbocycles. The lowest BCUT2D eigenvalue weighted by molar-refractivity contribution is -0.121. The number of hydrogen-bond acceptors (Lipinski definition) is 5. The Labute approximate surface area is 111 Å². The fourth-order valence-corrected chi connectivity index (χ4v) is 1.42.